The summed E-state index contributed by atoms with van der Waals surface area (Å²) in [5.74, 6) is 1.29. The maximum Gasteiger partial charge on any atom is 0.166 e. The van der Waals surface area contributed by atoms with Crippen molar-refractivity contribution in [2.75, 3.05) is 19.0 Å². The highest BCUT2D eigenvalue weighted by Gasteiger charge is 2.23. The predicted octanol–water partition coefficient (Wildman–Crippen LogP) is 4.72. The molecule has 1 aliphatic heterocycles. The Bertz CT molecular complexity index is 1070. The number of hydrogen-bond donors (Lipinski definition) is 1. The molecule has 0 saturated carbocycles. The summed E-state index contributed by atoms with van der Waals surface area (Å²) in [6.45, 7) is 2.67. The zero-order valence-corrected chi connectivity index (χ0v) is 16.5. The third-order valence-corrected chi connectivity index (χ3v) is 5.04. The minimum Gasteiger partial charge on any atom is -0.493 e. The van der Waals surface area contributed by atoms with E-state index < -0.39 is 0 Å². The van der Waals surface area contributed by atoms with Crippen LogP contribution in [-0.2, 0) is 4.74 Å². The molecule has 2 aromatic heterocycles. The van der Waals surface area contributed by atoms with Crippen molar-refractivity contribution in [3.8, 4) is 11.8 Å². The van der Waals surface area contributed by atoms with Crippen LogP contribution in [0.2, 0.25) is 5.15 Å². The first-order valence-electron chi connectivity index (χ1n) is 9.13. The topological polar surface area (TPSA) is 85.0 Å². The number of benzene rings is 1. The van der Waals surface area contributed by atoms with Crippen LogP contribution in [-0.4, -0.2) is 28.3 Å². The summed E-state index contributed by atoms with van der Waals surface area (Å²) in [7, 11) is 1.54. The van der Waals surface area contributed by atoms with E-state index in [9.17, 15) is 5.26 Å². The summed E-state index contributed by atoms with van der Waals surface area (Å²) in [4.78, 5) is 9.23. The largest absolute Gasteiger partial charge is 0.493 e. The van der Waals surface area contributed by atoms with Gasteiger partial charge >= 0.3 is 0 Å². The van der Waals surface area contributed by atoms with Crippen LogP contribution in [0.25, 0.3) is 11.2 Å². The number of rotatable bonds is 4. The molecule has 1 aliphatic rings. The number of aromatic nitrogens is 3. The maximum absolute atomic E-state index is 9.32. The first-order chi connectivity index (χ1) is 13.6. The van der Waals surface area contributed by atoms with Crippen molar-refractivity contribution in [3.63, 3.8) is 0 Å². The fraction of sp³-hybridized carbons (Fsp3) is 0.350. The van der Waals surface area contributed by atoms with Crippen molar-refractivity contribution in [2.45, 2.75) is 32.4 Å². The monoisotopic (exact) mass is 397 g/mol. The third kappa shape index (κ3) is 3.26. The van der Waals surface area contributed by atoms with Gasteiger partial charge in [-0.25, -0.2) is 9.97 Å². The van der Waals surface area contributed by atoms with Crippen LogP contribution < -0.4 is 10.1 Å². The molecule has 1 N–H and O–H groups in total. The van der Waals surface area contributed by atoms with E-state index in [0.29, 0.717) is 39.0 Å². The predicted molar refractivity (Wildman–Crippen MR) is 107 cm³/mol. The standard InChI is InChI=1S/C20H20ClN5O2/c1-12-23-18-15(24-14-7-5-6-13(11-22)19(14)27-2)10-16(21)25-20(18)26(12)17-8-3-4-9-28-17/h5-7,10,17H,3-4,8-9H2,1-2H3,(H,24,25). The molecule has 0 bridgehead atoms. The lowest BCUT2D eigenvalue weighted by Crippen LogP contribution is -2.19. The SMILES string of the molecule is COc1c(C#N)cccc1Nc1cc(Cl)nc2c1nc(C)n2C1CCCCO1. The van der Waals surface area contributed by atoms with Crippen molar-refractivity contribution < 1.29 is 9.47 Å². The number of aryl methyl sites for hydroxylation is 1. The number of halogens is 1. The van der Waals surface area contributed by atoms with Gasteiger partial charge < -0.3 is 14.8 Å². The smallest absolute Gasteiger partial charge is 0.166 e. The van der Waals surface area contributed by atoms with Gasteiger partial charge in [0.25, 0.3) is 0 Å². The normalized spacial score (nSPS) is 16.7. The van der Waals surface area contributed by atoms with E-state index in [4.69, 9.17) is 26.1 Å². The van der Waals surface area contributed by atoms with Gasteiger partial charge in [-0.05, 0) is 38.3 Å². The lowest BCUT2D eigenvalue weighted by Gasteiger charge is -2.25. The van der Waals surface area contributed by atoms with Crippen molar-refractivity contribution in [1.29, 1.82) is 5.26 Å². The molecule has 0 amide bonds. The molecule has 0 aliphatic carbocycles. The average molecular weight is 398 g/mol. The van der Waals surface area contributed by atoms with Crippen molar-refractivity contribution in [1.82, 2.24) is 14.5 Å². The number of imidazole rings is 1. The Morgan fingerprint density at radius 3 is 2.89 bits per heavy atom. The van der Waals surface area contributed by atoms with E-state index in [0.717, 1.165) is 31.7 Å². The number of para-hydroxylation sites is 1. The number of methoxy groups -OCH3 is 1. The van der Waals surface area contributed by atoms with E-state index in [1.54, 1.807) is 18.2 Å². The molecule has 1 aromatic carbocycles. The fourth-order valence-electron chi connectivity index (χ4n) is 3.60. The van der Waals surface area contributed by atoms with Crippen LogP contribution in [0.5, 0.6) is 5.75 Å². The van der Waals surface area contributed by atoms with Gasteiger partial charge in [0.1, 0.15) is 28.8 Å². The highest BCUT2D eigenvalue weighted by molar-refractivity contribution is 6.30. The minimum absolute atomic E-state index is 0.0889. The van der Waals surface area contributed by atoms with Crippen LogP contribution in [0, 0.1) is 18.3 Å². The Morgan fingerprint density at radius 1 is 1.32 bits per heavy atom. The molecule has 1 atom stereocenters. The number of nitriles is 1. The third-order valence-electron chi connectivity index (χ3n) is 4.85. The summed E-state index contributed by atoms with van der Waals surface area (Å²) < 4.78 is 13.4. The van der Waals surface area contributed by atoms with Crippen molar-refractivity contribution >= 4 is 34.1 Å². The quantitative estimate of drug-likeness (QED) is 0.641. The Hall–Kier alpha value is -2.82. The molecule has 144 valence electrons. The number of pyridine rings is 1. The molecule has 1 saturated heterocycles. The molecular formula is C20H20ClN5O2. The van der Waals surface area contributed by atoms with Gasteiger partial charge in [0.05, 0.1) is 24.0 Å². The second-order valence-corrected chi connectivity index (χ2v) is 7.03. The molecule has 1 unspecified atom stereocenters. The van der Waals surface area contributed by atoms with E-state index in [2.05, 4.69) is 16.4 Å². The van der Waals surface area contributed by atoms with Gasteiger partial charge in [-0.2, -0.15) is 5.26 Å². The molecule has 7 nitrogen and oxygen atoms in total. The van der Waals surface area contributed by atoms with Crippen molar-refractivity contribution in [3.05, 3.63) is 40.8 Å². The Balaban J connectivity index is 1.82. The van der Waals surface area contributed by atoms with Crippen LogP contribution >= 0.6 is 11.6 Å². The summed E-state index contributed by atoms with van der Waals surface area (Å²) in [6.07, 6.45) is 3.00. The molecule has 3 heterocycles. The fourth-order valence-corrected chi connectivity index (χ4v) is 3.79. The summed E-state index contributed by atoms with van der Waals surface area (Å²) >= 11 is 6.33. The van der Waals surface area contributed by atoms with E-state index in [1.165, 1.54) is 7.11 Å². The summed E-state index contributed by atoms with van der Waals surface area (Å²) in [5.41, 5.74) is 3.17. The van der Waals surface area contributed by atoms with Gasteiger partial charge in [0.15, 0.2) is 11.4 Å². The molecule has 8 heteroatoms. The molecule has 28 heavy (non-hydrogen) atoms. The van der Waals surface area contributed by atoms with Gasteiger partial charge in [-0.15, -0.1) is 0 Å². The zero-order chi connectivity index (χ0) is 19.7. The highest BCUT2D eigenvalue weighted by atomic mass is 35.5. The van der Waals surface area contributed by atoms with Gasteiger partial charge in [-0.1, -0.05) is 17.7 Å². The van der Waals surface area contributed by atoms with E-state index in [1.807, 2.05) is 17.6 Å². The molecule has 1 fully saturated rings. The minimum atomic E-state index is -0.0889. The van der Waals surface area contributed by atoms with Gasteiger partial charge in [0, 0.05) is 12.7 Å². The summed E-state index contributed by atoms with van der Waals surface area (Å²) in [6, 6.07) is 9.20. The first kappa shape index (κ1) is 18.5. The number of hydrogen-bond acceptors (Lipinski definition) is 6. The Kier molecular flexibility index (Phi) is 5.07. The molecule has 0 spiro atoms. The van der Waals surface area contributed by atoms with Crippen LogP contribution in [0.1, 0.15) is 36.9 Å². The van der Waals surface area contributed by atoms with Crippen LogP contribution in [0.3, 0.4) is 0 Å². The van der Waals surface area contributed by atoms with E-state index >= 15 is 0 Å². The average Bonchev–Trinajstić information content (AvgIpc) is 3.04. The maximum atomic E-state index is 9.32. The number of anilines is 2. The Labute approximate surface area is 167 Å². The Morgan fingerprint density at radius 2 is 2.18 bits per heavy atom. The second-order valence-electron chi connectivity index (χ2n) is 6.64. The molecule has 4 rings (SSSR count). The molecule has 3 aromatic rings. The lowest BCUT2D eigenvalue weighted by atomic mass is 10.1. The molecular weight excluding hydrogens is 378 g/mol. The number of ether oxygens (including phenoxy) is 2. The first-order valence-corrected chi connectivity index (χ1v) is 9.51. The highest BCUT2D eigenvalue weighted by Crippen LogP contribution is 2.36. The number of nitrogens with one attached hydrogen (secondary N) is 1. The lowest BCUT2D eigenvalue weighted by molar-refractivity contribution is -0.0309. The van der Waals surface area contributed by atoms with Gasteiger partial charge in [-0.3, -0.25) is 4.57 Å². The number of nitrogens with zero attached hydrogens (tertiary/aromatic N) is 4. The van der Waals surface area contributed by atoms with E-state index in [-0.39, 0.29) is 6.23 Å². The summed E-state index contributed by atoms with van der Waals surface area (Å²) in [5, 5.41) is 13.0. The van der Waals surface area contributed by atoms with Crippen LogP contribution in [0.15, 0.2) is 24.3 Å². The van der Waals surface area contributed by atoms with Crippen molar-refractivity contribution in [2.24, 2.45) is 0 Å². The second kappa shape index (κ2) is 7.66. The zero-order valence-electron chi connectivity index (χ0n) is 15.7. The molecule has 0 radical (unpaired) electrons. The van der Waals surface area contributed by atoms with Gasteiger partial charge in [0.2, 0.25) is 0 Å². The number of fused-ring (bicyclic) bond motifs is 1. The van der Waals surface area contributed by atoms with Crippen LogP contribution in [0.4, 0.5) is 11.4 Å².